The molecule has 0 bridgehead atoms. The van der Waals surface area contributed by atoms with E-state index in [-0.39, 0.29) is 0 Å². The van der Waals surface area contributed by atoms with Gasteiger partial charge in [0, 0.05) is 52.2 Å². The zero-order valence-electron chi connectivity index (χ0n) is 13.7. The van der Waals surface area contributed by atoms with Gasteiger partial charge in [-0.25, -0.2) is 0 Å². The summed E-state index contributed by atoms with van der Waals surface area (Å²) in [6.07, 6.45) is 8.79. The lowest BCUT2D eigenvalue weighted by Crippen LogP contribution is -2.31. The Hall–Kier alpha value is -1.10. The predicted molar refractivity (Wildman–Crippen MR) is 85.5 cm³/mol. The van der Waals surface area contributed by atoms with Crippen LogP contribution in [0.15, 0.2) is 0 Å². The Kier molecular flexibility index (Phi) is 7.71. The van der Waals surface area contributed by atoms with Gasteiger partial charge in [0.1, 0.15) is 0 Å². The van der Waals surface area contributed by atoms with Gasteiger partial charge in [-0.15, -0.1) is 0 Å². The number of carbonyl (C=O) groups is 2. The van der Waals surface area contributed by atoms with Crippen molar-refractivity contribution < 1.29 is 14.3 Å². The molecule has 0 aromatic heterocycles. The van der Waals surface area contributed by atoms with E-state index < -0.39 is 0 Å². The first-order valence-corrected chi connectivity index (χ1v) is 8.90. The Bertz CT molecular complexity index is 360. The number of ether oxygens (including phenoxy) is 1. The Morgan fingerprint density at radius 3 is 2.09 bits per heavy atom. The molecule has 5 nitrogen and oxygen atoms in total. The molecule has 2 heterocycles. The van der Waals surface area contributed by atoms with E-state index in [0.29, 0.717) is 11.8 Å². The third-order valence-corrected chi connectivity index (χ3v) is 4.53. The van der Waals surface area contributed by atoms with Crippen molar-refractivity contribution in [1.82, 2.24) is 9.80 Å². The van der Waals surface area contributed by atoms with Gasteiger partial charge >= 0.3 is 0 Å². The minimum atomic E-state index is 0.308. The van der Waals surface area contributed by atoms with Gasteiger partial charge in [0.05, 0.1) is 0 Å². The van der Waals surface area contributed by atoms with Crippen LogP contribution in [-0.4, -0.2) is 61.0 Å². The van der Waals surface area contributed by atoms with Gasteiger partial charge in [0.2, 0.25) is 11.8 Å². The maximum absolute atomic E-state index is 11.8. The lowest BCUT2D eigenvalue weighted by Gasteiger charge is -2.20. The van der Waals surface area contributed by atoms with Crippen LogP contribution in [-0.2, 0) is 14.3 Å². The molecule has 0 N–H and O–H groups in total. The van der Waals surface area contributed by atoms with Crippen molar-refractivity contribution in [2.24, 2.45) is 0 Å². The highest BCUT2D eigenvalue weighted by atomic mass is 16.5. The van der Waals surface area contributed by atoms with Gasteiger partial charge in [0.15, 0.2) is 0 Å². The zero-order chi connectivity index (χ0) is 15.6. The quantitative estimate of drug-likeness (QED) is 0.613. The van der Waals surface area contributed by atoms with E-state index in [1.54, 1.807) is 0 Å². The Labute approximate surface area is 134 Å². The van der Waals surface area contributed by atoms with Crippen LogP contribution in [0.4, 0.5) is 0 Å². The van der Waals surface area contributed by atoms with E-state index >= 15 is 0 Å². The normalized spacial score (nSPS) is 19.8. The molecule has 2 aliphatic heterocycles. The van der Waals surface area contributed by atoms with E-state index in [4.69, 9.17) is 4.74 Å². The second-order valence-electron chi connectivity index (χ2n) is 6.35. The molecule has 126 valence electrons. The van der Waals surface area contributed by atoms with Crippen LogP contribution in [0, 0.1) is 0 Å². The fourth-order valence-corrected chi connectivity index (χ4v) is 3.18. The number of hydrogen-bond acceptors (Lipinski definition) is 3. The smallest absolute Gasteiger partial charge is 0.222 e. The predicted octanol–water partition coefficient (Wildman–Crippen LogP) is 2.20. The van der Waals surface area contributed by atoms with Crippen molar-refractivity contribution in [2.75, 3.05) is 39.4 Å². The minimum absolute atomic E-state index is 0.308. The monoisotopic (exact) mass is 310 g/mol. The fourth-order valence-electron chi connectivity index (χ4n) is 3.18. The van der Waals surface area contributed by atoms with E-state index in [1.807, 2.05) is 9.80 Å². The summed E-state index contributed by atoms with van der Waals surface area (Å²) >= 11 is 0. The van der Waals surface area contributed by atoms with Gasteiger partial charge in [-0.1, -0.05) is 6.42 Å². The molecule has 2 fully saturated rings. The largest absolute Gasteiger partial charge is 0.381 e. The summed E-state index contributed by atoms with van der Waals surface area (Å²) < 4.78 is 5.64. The molecule has 2 saturated heterocycles. The van der Waals surface area contributed by atoms with Crippen LogP contribution in [0.5, 0.6) is 0 Å². The van der Waals surface area contributed by atoms with E-state index in [1.165, 1.54) is 6.42 Å². The highest BCUT2D eigenvalue weighted by Crippen LogP contribution is 2.12. The van der Waals surface area contributed by atoms with Crippen molar-refractivity contribution in [1.29, 1.82) is 0 Å². The molecule has 0 aliphatic carbocycles. The highest BCUT2D eigenvalue weighted by Gasteiger charge is 2.19. The first-order valence-electron chi connectivity index (χ1n) is 8.90. The first-order chi connectivity index (χ1) is 10.8. The molecule has 0 aromatic carbocycles. The highest BCUT2D eigenvalue weighted by molar-refractivity contribution is 5.78. The lowest BCUT2D eigenvalue weighted by molar-refractivity contribution is -0.131. The van der Waals surface area contributed by atoms with Crippen molar-refractivity contribution in [2.45, 2.75) is 57.8 Å². The molecule has 0 atom stereocenters. The topological polar surface area (TPSA) is 49.9 Å². The summed E-state index contributed by atoms with van der Waals surface area (Å²) in [7, 11) is 0. The molecule has 0 radical (unpaired) electrons. The van der Waals surface area contributed by atoms with Gasteiger partial charge in [-0.05, 0) is 38.5 Å². The van der Waals surface area contributed by atoms with Crippen LogP contribution < -0.4 is 0 Å². The molecule has 22 heavy (non-hydrogen) atoms. The summed E-state index contributed by atoms with van der Waals surface area (Å²) in [4.78, 5) is 27.2. The summed E-state index contributed by atoms with van der Waals surface area (Å²) in [5.74, 6) is 0.621. The van der Waals surface area contributed by atoms with E-state index in [2.05, 4.69) is 0 Å². The molecule has 0 saturated carbocycles. The van der Waals surface area contributed by atoms with Crippen LogP contribution in [0.25, 0.3) is 0 Å². The molecule has 5 heteroatoms. The standard InChI is InChI=1S/C17H30N2O3/c20-16-8-2-1-3-10-19(16)13-7-15-22-14-5-4-11-18-12-6-9-17(18)21/h1-15H2. The summed E-state index contributed by atoms with van der Waals surface area (Å²) in [5, 5.41) is 0. The maximum atomic E-state index is 11.8. The Morgan fingerprint density at radius 2 is 1.36 bits per heavy atom. The number of carbonyl (C=O) groups excluding carboxylic acids is 2. The number of rotatable bonds is 9. The van der Waals surface area contributed by atoms with Crippen molar-refractivity contribution in [3.63, 3.8) is 0 Å². The molecule has 0 aromatic rings. The second-order valence-corrected chi connectivity index (χ2v) is 6.35. The number of nitrogens with zero attached hydrogens (tertiary/aromatic N) is 2. The number of hydrogen-bond donors (Lipinski definition) is 0. The Balaban J connectivity index is 1.42. The number of amides is 2. The summed E-state index contributed by atoms with van der Waals surface area (Å²) in [5.41, 5.74) is 0. The fraction of sp³-hybridized carbons (Fsp3) is 0.882. The molecular formula is C17H30N2O3. The molecule has 0 spiro atoms. The third-order valence-electron chi connectivity index (χ3n) is 4.53. The van der Waals surface area contributed by atoms with Crippen LogP contribution in [0.1, 0.15) is 57.8 Å². The summed E-state index contributed by atoms with van der Waals surface area (Å²) in [6.45, 7) is 5.06. The maximum Gasteiger partial charge on any atom is 0.222 e. The van der Waals surface area contributed by atoms with Crippen molar-refractivity contribution >= 4 is 11.8 Å². The number of unbranched alkanes of at least 4 members (excludes halogenated alkanes) is 1. The van der Waals surface area contributed by atoms with Crippen molar-refractivity contribution in [3.8, 4) is 0 Å². The third kappa shape index (κ3) is 5.95. The van der Waals surface area contributed by atoms with Gasteiger partial charge in [0.25, 0.3) is 0 Å². The lowest BCUT2D eigenvalue weighted by atomic mass is 10.2. The van der Waals surface area contributed by atoms with Crippen LogP contribution >= 0.6 is 0 Å². The average Bonchev–Trinajstić information content (AvgIpc) is 2.80. The van der Waals surface area contributed by atoms with Gasteiger partial charge < -0.3 is 14.5 Å². The average molecular weight is 310 g/mol. The molecule has 2 rings (SSSR count). The van der Waals surface area contributed by atoms with Gasteiger partial charge in [-0.2, -0.15) is 0 Å². The Morgan fingerprint density at radius 1 is 0.727 bits per heavy atom. The minimum Gasteiger partial charge on any atom is -0.381 e. The summed E-state index contributed by atoms with van der Waals surface area (Å²) in [6, 6.07) is 0. The second kappa shape index (κ2) is 9.82. The molecule has 2 amide bonds. The SMILES string of the molecule is O=C1CCCCCN1CCCOCCCCN1CCCC1=O. The van der Waals surface area contributed by atoms with Crippen LogP contribution in [0.3, 0.4) is 0 Å². The molecule has 2 aliphatic rings. The van der Waals surface area contributed by atoms with E-state index in [9.17, 15) is 9.59 Å². The van der Waals surface area contributed by atoms with Crippen molar-refractivity contribution in [3.05, 3.63) is 0 Å². The number of likely N-dealkylation sites (tertiary alicyclic amines) is 2. The van der Waals surface area contributed by atoms with Crippen LogP contribution in [0.2, 0.25) is 0 Å². The molecular weight excluding hydrogens is 280 g/mol. The zero-order valence-corrected chi connectivity index (χ0v) is 13.7. The van der Waals surface area contributed by atoms with E-state index in [0.717, 1.165) is 90.8 Å². The molecule has 0 unspecified atom stereocenters. The van der Waals surface area contributed by atoms with Gasteiger partial charge in [-0.3, -0.25) is 9.59 Å². The first kappa shape index (κ1) is 17.3.